The van der Waals surface area contributed by atoms with Crippen molar-refractivity contribution in [1.82, 2.24) is 9.97 Å². The van der Waals surface area contributed by atoms with Crippen molar-refractivity contribution in [3.05, 3.63) is 65.3 Å². The van der Waals surface area contributed by atoms with Gasteiger partial charge in [0.25, 0.3) is 0 Å². The predicted molar refractivity (Wildman–Crippen MR) is 112 cm³/mol. The quantitative estimate of drug-likeness (QED) is 0.465. The summed E-state index contributed by atoms with van der Waals surface area (Å²) >= 11 is 7.58. The first-order valence-corrected chi connectivity index (χ1v) is 9.49. The maximum atomic E-state index is 11.3. The van der Waals surface area contributed by atoms with Crippen molar-refractivity contribution in [2.24, 2.45) is 0 Å². The van der Waals surface area contributed by atoms with Gasteiger partial charge in [0.15, 0.2) is 0 Å². The molecular formula is C20H15ClN4OS. The van der Waals surface area contributed by atoms with E-state index in [1.165, 1.54) is 6.92 Å². The number of hydrogen-bond donors (Lipinski definition) is 2. The predicted octanol–water partition coefficient (Wildman–Crippen LogP) is 5.71. The normalized spacial score (nSPS) is 10.7. The summed E-state index contributed by atoms with van der Waals surface area (Å²) in [5, 5.41) is 9.85. The van der Waals surface area contributed by atoms with Gasteiger partial charge in [-0.25, -0.2) is 9.97 Å². The molecule has 0 aliphatic carbocycles. The van der Waals surface area contributed by atoms with Crippen LogP contribution in [0, 0.1) is 0 Å². The number of nitrogens with one attached hydrogen (secondary N) is 2. The first kappa shape index (κ1) is 17.5. The lowest BCUT2D eigenvalue weighted by Gasteiger charge is -2.10. The second-order valence-electron chi connectivity index (χ2n) is 5.95. The number of carbonyl (C=O) groups excluding carboxylic acids is 1. The van der Waals surface area contributed by atoms with Gasteiger partial charge in [0.2, 0.25) is 5.91 Å². The number of thiophene rings is 1. The van der Waals surface area contributed by atoms with Crippen LogP contribution in [-0.4, -0.2) is 15.9 Å². The number of aromatic nitrogens is 2. The fraction of sp³-hybridized carbons (Fsp3) is 0.0500. The Morgan fingerprint density at radius 3 is 2.63 bits per heavy atom. The number of fused-ring (bicyclic) bond motifs is 1. The Labute approximate surface area is 165 Å². The molecule has 2 aromatic carbocycles. The summed E-state index contributed by atoms with van der Waals surface area (Å²) in [6, 6.07) is 15.2. The molecule has 0 radical (unpaired) electrons. The number of carbonyl (C=O) groups is 1. The molecule has 27 heavy (non-hydrogen) atoms. The fourth-order valence-electron chi connectivity index (χ4n) is 2.83. The summed E-state index contributed by atoms with van der Waals surface area (Å²) < 4.78 is 0. The molecule has 2 aromatic heterocycles. The van der Waals surface area contributed by atoms with Crippen LogP contribution < -0.4 is 10.6 Å². The first-order valence-electron chi connectivity index (χ1n) is 8.23. The summed E-state index contributed by atoms with van der Waals surface area (Å²) in [7, 11) is 0. The van der Waals surface area contributed by atoms with E-state index in [-0.39, 0.29) is 5.91 Å². The topological polar surface area (TPSA) is 66.9 Å². The molecule has 0 fully saturated rings. The molecular weight excluding hydrogens is 380 g/mol. The smallest absolute Gasteiger partial charge is 0.221 e. The van der Waals surface area contributed by atoms with E-state index in [2.05, 4.69) is 26.0 Å². The van der Waals surface area contributed by atoms with Gasteiger partial charge in [-0.3, -0.25) is 4.79 Å². The van der Waals surface area contributed by atoms with Crippen LogP contribution in [0.25, 0.3) is 21.3 Å². The van der Waals surface area contributed by atoms with Gasteiger partial charge in [-0.05, 0) is 35.9 Å². The van der Waals surface area contributed by atoms with E-state index in [1.807, 2.05) is 48.5 Å². The van der Waals surface area contributed by atoms with E-state index in [0.29, 0.717) is 10.8 Å². The molecule has 4 rings (SSSR count). The third-order valence-electron chi connectivity index (χ3n) is 3.97. The molecule has 0 saturated heterocycles. The number of halogens is 1. The largest absolute Gasteiger partial charge is 0.340 e. The van der Waals surface area contributed by atoms with Gasteiger partial charge < -0.3 is 10.6 Å². The molecule has 2 heterocycles. The zero-order valence-corrected chi connectivity index (χ0v) is 15.9. The number of benzene rings is 2. The summed E-state index contributed by atoms with van der Waals surface area (Å²) in [5.41, 5.74) is 3.65. The Morgan fingerprint density at radius 1 is 1.07 bits per heavy atom. The van der Waals surface area contributed by atoms with E-state index in [9.17, 15) is 4.79 Å². The highest BCUT2D eigenvalue weighted by atomic mass is 35.5. The molecule has 0 bridgehead atoms. The Bertz CT molecular complexity index is 1120. The molecule has 134 valence electrons. The van der Waals surface area contributed by atoms with Crippen LogP contribution in [0.15, 0.2) is 60.2 Å². The highest BCUT2D eigenvalue weighted by molar-refractivity contribution is 7.17. The highest BCUT2D eigenvalue weighted by Gasteiger charge is 2.13. The van der Waals surface area contributed by atoms with Crippen LogP contribution in [0.1, 0.15) is 6.92 Å². The minimum atomic E-state index is -0.112. The Morgan fingerprint density at radius 2 is 1.85 bits per heavy atom. The first-order chi connectivity index (χ1) is 13.1. The van der Waals surface area contributed by atoms with Crippen molar-refractivity contribution >= 4 is 56.3 Å². The summed E-state index contributed by atoms with van der Waals surface area (Å²) in [6.07, 6.45) is 1.55. The summed E-state index contributed by atoms with van der Waals surface area (Å²) in [5.74, 6) is 0.602. The molecule has 4 aromatic rings. The van der Waals surface area contributed by atoms with Crippen LogP contribution in [0.3, 0.4) is 0 Å². The Kier molecular flexibility index (Phi) is 4.75. The standard InChI is InChI=1S/C20H15ClN4OS/c1-12(26)24-15-3-2-4-16(9-15)25-19-18-17(10-27-20(18)23-11-22-19)13-5-7-14(21)8-6-13/h2-11H,1H3,(H,24,26)(H,22,23,25). The van der Waals surface area contributed by atoms with E-state index < -0.39 is 0 Å². The van der Waals surface area contributed by atoms with Gasteiger partial charge in [-0.1, -0.05) is 29.8 Å². The zero-order valence-electron chi connectivity index (χ0n) is 14.4. The van der Waals surface area contributed by atoms with E-state index in [0.717, 1.165) is 32.7 Å². The molecule has 0 aliphatic rings. The highest BCUT2D eigenvalue weighted by Crippen LogP contribution is 2.37. The second-order valence-corrected chi connectivity index (χ2v) is 7.24. The zero-order chi connectivity index (χ0) is 18.8. The minimum absolute atomic E-state index is 0.112. The molecule has 5 nitrogen and oxygen atoms in total. The van der Waals surface area contributed by atoms with Crippen LogP contribution in [-0.2, 0) is 4.79 Å². The van der Waals surface area contributed by atoms with Gasteiger partial charge in [0, 0.05) is 34.3 Å². The van der Waals surface area contributed by atoms with E-state index in [4.69, 9.17) is 11.6 Å². The third-order valence-corrected chi connectivity index (χ3v) is 5.11. The average molecular weight is 395 g/mol. The Hall–Kier alpha value is -2.96. The maximum absolute atomic E-state index is 11.3. The maximum Gasteiger partial charge on any atom is 0.221 e. The monoisotopic (exact) mass is 394 g/mol. The molecule has 0 unspecified atom stereocenters. The molecule has 2 N–H and O–H groups in total. The van der Waals surface area contributed by atoms with Crippen molar-refractivity contribution in [3.63, 3.8) is 0 Å². The van der Waals surface area contributed by atoms with Gasteiger partial charge in [-0.2, -0.15) is 0 Å². The minimum Gasteiger partial charge on any atom is -0.340 e. The number of nitrogens with zero attached hydrogens (tertiary/aromatic N) is 2. The number of hydrogen-bond acceptors (Lipinski definition) is 5. The molecule has 0 aliphatic heterocycles. The van der Waals surface area contributed by atoms with Gasteiger partial charge in [0.05, 0.1) is 5.39 Å². The van der Waals surface area contributed by atoms with Crippen molar-refractivity contribution < 1.29 is 4.79 Å². The van der Waals surface area contributed by atoms with E-state index in [1.54, 1.807) is 17.7 Å². The summed E-state index contributed by atoms with van der Waals surface area (Å²) in [4.78, 5) is 21.0. The van der Waals surface area contributed by atoms with Crippen LogP contribution >= 0.6 is 22.9 Å². The van der Waals surface area contributed by atoms with Gasteiger partial charge in [-0.15, -0.1) is 11.3 Å². The van der Waals surface area contributed by atoms with Crippen LogP contribution in [0.5, 0.6) is 0 Å². The van der Waals surface area contributed by atoms with Gasteiger partial charge >= 0.3 is 0 Å². The van der Waals surface area contributed by atoms with Crippen LogP contribution in [0.4, 0.5) is 17.2 Å². The average Bonchev–Trinajstić information content (AvgIpc) is 3.07. The lowest BCUT2D eigenvalue weighted by atomic mass is 10.1. The Balaban J connectivity index is 1.75. The van der Waals surface area contributed by atoms with E-state index >= 15 is 0 Å². The van der Waals surface area contributed by atoms with Crippen molar-refractivity contribution in [1.29, 1.82) is 0 Å². The fourth-order valence-corrected chi connectivity index (χ4v) is 3.87. The number of rotatable bonds is 4. The second kappa shape index (κ2) is 7.34. The molecule has 0 atom stereocenters. The molecule has 1 amide bonds. The number of amides is 1. The van der Waals surface area contributed by atoms with Crippen molar-refractivity contribution in [3.8, 4) is 11.1 Å². The number of anilines is 3. The summed E-state index contributed by atoms with van der Waals surface area (Å²) in [6.45, 7) is 1.48. The van der Waals surface area contributed by atoms with Crippen molar-refractivity contribution in [2.75, 3.05) is 10.6 Å². The van der Waals surface area contributed by atoms with Crippen LogP contribution in [0.2, 0.25) is 5.02 Å². The molecule has 0 saturated carbocycles. The lowest BCUT2D eigenvalue weighted by molar-refractivity contribution is -0.114. The molecule has 7 heteroatoms. The van der Waals surface area contributed by atoms with Crippen molar-refractivity contribution in [2.45, 2.75) is 6.92 Å². The SMILES string of the molecule is CC(=O)Nc1cccc(Nc2ncnc3scc(-c4ccc(Cl)cc4)c23)c1. The third kappa shape index (κ3) is 3.77. The van der Waals surface area contributed by atoms with Gasteiger partial charge in [0.1, 0.15) is 17.0 Å². The lowest BCUT2D eigenvalue weighted by Crippen LogP contribution is -2.05. The molecule has 0 spiro atoms.